The number of nitrogens with one attached hydrogen (secondary N) is 2. The van der Waals surface area contributed by atoms with Gasteiger partial charge in [-0.15, -0.1) is 0 Å². The number of fused-ring (bicyclic) bond motifs is 3. The molecule has 0 saturated carbocycles. The van der Waals surface area contributed by atoms with Crippen LogP contribution in [0.4, 0.5) is 4.79 Å². The first-order valence-corrected chi connectivity index (χ1v) is 8.93. The van der Waals surface area contributed by atoms with Crippen LogP contribution in [0.1, 0.15) is 32.4 Å². The topological polar surface area (TPSA) is 78.3 Å². The molecule has 134 valence electrons. The Kier molecular flexibility index (Phi) is 5.21. The Labute approximate surface area is 147 Å². The van der Waals surface area contributed by atoms with E-state index < -0.39 is 0 Å². The smallest absolute Gasteiger partial charge is 0.317 e. The van der Waals surface area contributed by atoms with Gasteiger partial charge in [-0.1, -0.05) is 13.3 Å². The standard InChI is InChI=1S/C9H8N4.C9H18N2O/c1-6-4-11-8-5-12-9-7(13(6)8)2-3-10-9;1-3-8-5-6-11(7-8)9(12)10-4-2/h2-5,10H,1H3;8H,3-7H2,1-2H3,(H,10,12)/t;8-/m.0/s1. The molecule has 1 fully saturated rings. The van der Waals surface area contributed by atoms with Crippen LogP contribution in [0.25, 0.3) is 16.8 Å². The minimum atomic E-state index is 0.105. The lowest BCUT2D eigenvalue weighted by atomic mass is 10.1. The number of amides is 2. The van der Waals surface area contributed by atoms with Crippen molar-refractivity contribution in [2.75, 3.05) is 19.6 Å². The van der Waals surface area contributed by atoms with Gasteiger partial charge in [0, 0.05) is 37.7 Å². The maximum Gasteiger partial charge on any atom is 0.317 e. The molecule has 1 aliphatic heterocycles. The molecule has 0 radical (unpaired) electrons. The molecule has 7 nitrogen and oxygen atoms in total. The second kappa shape index (κ2) is 7.55. The van der Waals surface area contributed by atoms with Crippen molar-refractivity contribution in [2.24, 2.45) is 5.92 Å². The van der Waals surface area contributed by atoms with E-state index in [4.69, 9.17) is 0 Å². The lowest BCUT2D eigenvalue weighted by molar-refractivity contribution is 0.207. The van der Waals surface area contributed by atoms with E-state index in [0.717, 1.165) is 48.1 Å². The summed E-state index contributed by atoms with van der Waals surface area (Å²) < 4.78 is 2.08. The summed E-state index contributed by atoms with van der Waals surface area (Å²) in [5.74, 6) is 0.729. The van der Waals surface area contributed by atoms with Crippen LogP contribution in [-0.4, -0.2) is 49.9 Å². The van der Waals surface area contributed by atoms with Gasteiger partial charge >= 0.3 is 6.03 Å². The molecule has 3 aromatic rings. The number of aryl methyl sites for hydroxylation is 1. The van der Waals surface area contributed by atoms with Crippen LogP contribution in [0.2, 0.25) is 0 Å². The fourth-order valence-electron chi connectivity index (χ4n) is 3.23. The van der Waals surface area contributed by atoms with Gasteiger partial charge in [-0.3, -0.25) is 4.40 Å². The van der Waals surface area contributed by atoms with Crippen molar-refractivity contribution in [2.45, 2.75) is 33.6 Å². The Balaban J connectivity index is 0.000000147. The summed E-state index contributed by atoms with van der Waals surface area (Å²) in [5, 5.41) is 2.82. The molecule has 4 heterocycles. The predicted molar refractivity (Wildman–Crippen MR) is 98.6 cm³/mol. The number of carbonyl (C=O) groups is 1. The average Bonchev–Trinajstić information content (AvgIpc) is 3.34. The van der Waals surface area contributed by atoms with E-state index in [9.17, 15) is 4.79 Å². The van der Waals surface area contributed by atoms with Gasteiger partial charge in [0.1, 0.15) is 0 Å². The van der Waals surface area contributed by atoms with Crippen LogP contribution in [0.5, 0.6) is 0 Å². The summed E-state index contributed by atoms with van der Waals surface area (Å²) in [7, 11) is 0. The summed E-state index contributed by atoms with van der Waals surface area (Å²) in [6.45, 7) is 8.78. The molecular weight excluding hydrogens is 316 g/mol. The third kappa shape index (κ3) is 3.60. The van der Waals surface area contributed by atoms with Crippen LogP contribution in [0.3, 0.4) is 0 Å². The van der Waals surface area contributed by atoms with Crippen molar-refractivity contribution in [3.8, 4) is 0 Å². The van der Waals surface area contributed by atoms with E-state index in [-0.39, 0.29) is 6.03 Å². The van der Waals surface area contributed by atoms with Gasteiger partial charge in [0.15, 0.2) is 11.3 Å². The zero-order valence-electron chi connectivity index (χ0n) is 15.1. The van der Waals surface area contributed by atoms with E-state index in [1.807, 2.05) is 37.2 Å². The van der Waals surface area contributed by atoms with Crippen molar-refractivity contribution in [1.82, 2.24) is 29.6 Å². The average molecular weight is 342 g/mol. The van der Waals surface area contributed by atoms with E-state index in [1.165, 1.54) is 12.8 Å². The Morgan fingerprint density at radius 3 is 2.92 bits per heavy atom. The molecule has 1 atom stereocenters. The number of likely N-dealkylation sites (tertiary alicyclic amines) is 1. The zero-order chi connectivity index (χ0) is 17.8. The van der Waals surface area contributed by atoms with E-state index in [1.54, 1.807) is 6.20 Å². The third-order valence-corrected chi connectivity index (χ3v) is 4.70. The van der Waals surface area contributed by atoms with Crippen LogP contribution >= 0.6 is 0 Å². The van der Waals surface area contributed by atoms with Crippen LogP contribution in [0, 0.1) is 12.8 Å². The molecule has 4 rings (SSSR count). The van der Waals surface area contributed by atoms with Gasteiger partial charge < -0.3 is 15.2 Å². The van der Waals surface area contributed by atoms with Crippen molar-refractivity contribution in [1.29, 1.82) is 0 Å². The number of urea groups is 1. The van der Waals surface area contributed by atoms with Gasteiger partial charge in [0.25, 0.3) is 0 Å². The quantitative estimate of drug-likeness (QED) is 0.751. The Bertz CT molecular complexity index is 852. The zero-order valence-corrected chi connectivity index (χ0v) is 15.1. The van der Waals surface area contributed by atoms with Crippen molar-refractivity contribution in [3.05, 3.63) is 30.4 Å². The first-order chi connectivity index (χ1) is 12.1. The van der Waals surface area contributed by atoms with Crippen LogP contribution in [-0.2, 0) is 0 Å². The maximum atomic E-state index is 11.3. The number of nitrogens with zero attached hydrogens (tertiary/aromatic N) is 4. The summed E-state index contributed by atoms with van der Waals surface area (Å²) in [6, 6.07) is 2.11. The van der Waals surface area contributed by atoms with Crippen LogP contribution in [0.15, 0.2) is 24.7 Å². The SMILES string of the molecule is CCNC(=O)N1CC[C@H](CC)C1.Cc1cnc2cnc3[nH]ccc3n12. The number of carbonyl (C=O) groups excluding carboxylic acids is 1. The summed E-state index contributed by atoms with van der Waals surface area (Å²) in [6.07, 6.45) is 7.87. The number of H-pyrrole nitrogens is 1. The highest BCUT2D eigenvalue weighted by atomic mass is 16.2. The van der Waals surface area contributed by atoms with E-state index in [0.29, 0.717) is 0 Å². The molecule has 0 aromatic carbocycles. The number of hydrogen-bond donors (Lipinski definition) is 2. The molecule has 0 bridgehead atoms. The largest absolute Gasteiger partial charge is 0.345 e. The van der Waals surface area contributed by atoms with Gasteiger partial charge in [-0.25, -0.2) is 14.8 Å². The molecule has 0 unspecified atom stereocenters. The lowest BCUT2D eigenvalue weighted by Gasteiger charge is -2.16. The highest BCUT2D eigenvalue weighted by molar-refractivity contribution is 5.75. The lowest BCUT2D eigenvalue weighted by Crippen LogP contribution is -2.38. The predicted octanol–water partition coefficient (Wildman–Crippen LogP) is 2.97. The molecule has 3 aromatic heterocycles. The molecule has 2 amide bonds. The van der Waals surface area contributed by atoms with E-state index in [2.05, 4.69) is 31.6 Å². The molecule has 2 N–H and O–H groups in total. The minimum Gasteiger partial charge on any atom is -0.345 e. The Hall–Kier alpha value is -2.57. The molecule has 7 heteroatoms. The molecule has 25 heavy (non-hydrogen) atoms. The first kappa shape index (κ1) is 17.3. The van der Waals surface area contributed by atoms with Gasteiger partial charge in [0.05, 0.1) is 11.7 Å². The number of aromatic amines is 1. The second-order valence-corrected chi connectivity index (χ2v) is 6.41. The van der Waals surface area contributed by atoms with Crippen molar-refractivity contribution in [3.63, 3.8) is 0 Å². The van der Waals surface area contributed by atoms with Crippen LogP contribution < -0.4 is 5.32 Å². The number of aromatic nitrogens is 4. The fraction of sp³-hybridized carbons (Fsp3) is 0.500. The maximum absolute atomic E-state index is 11.3. The van der Waals surface area contributed by atoms with Gasteiger partial charge in [-0.05, 0) is 32.3 Å². The molecule has 1 saturated heterocycles. The monoisotopic (exact) mass is 342 g/mol. The molecule has 0 spiro atoms. The number of hydrogen-bond acceptors (Lipinski definition) is 3. The van der Waals surface area contributed by atoms with Gasteiger partial charge in [0.2, 0.25) is 0 Å². The van der Waals surface area contributed by atoms with Crippen molar-refractivity contribution < 1.29 is 4.79 Å². The summed E-state index contributed by atoms with van der Waals surface area (Å²) in [4.78, 5) is 24.8. The Morgan fingerprint density at radius 2 is 2.20 bits per heavy atom. The fourth-order valence-corrected chi connectivity index (χ4v) is 3.23. The molecular formula is C18H26N6O. The second-order valence-electron chi connectivity index (χ2n) is 6.41. The number of imidazole rings is 1. The minimum absolute atomic E-state index is 0.105. The third-order valence-electron chi connectivity index (χ3n) is 4.70. The first-order valence-electron chi connectivity index (χ1n) is 8.93. The highest BCUT2D eigenvalue weighted by Crippen LogP contribution is 2.18. The normalized spacial score (nSPS) is 16.9. The van der Waals surface area contributed by atoms with Crippen molar-refractivity contribution >= 4 is 22.8 Å². The highest BCUT2D eigenvalue weighted by Gasteiger charge is 2.24. The van der Waals surface area contributed by atoms with E-state index >= 15 is 0 Å². The summed E-state index contributed by atoms with van der Waals surface area (Å²) >= 11 is 0. The molecule has 1 aliphatic rings. The van der Waals surface area contributed by atoms with Gasteiger partial charge in [-0.2, -0.15) is 0 Å². The summed E-state index contributed by atoms with van der Waals surface area (Å²) in [5.41, 5.74) is 3.99. The number of rotatable bonds is 2. The molecule has 0 aliphatic carbocycles. The Morgan fingerprint density at radius 1 is 1.36 bits per heavy atom.